The molecule has 2 aromatic rings. The van der Waals surface area contributed by atoms with E-state index in [4.69, 9.17) is 0 Å². The summed E-state index contributed by atoms with van der Waals surface area (Å²) in [6, 6.07) is 16.1. The molecule has 0 saturated heterocycles. The van der Waals surface area contributed by atoms with Crippen LogP contribution in [0.5, 0.6) is 0 Å². The Balaban J connectivity index is 0.00000113. The van der Waals surface area contributed by atoms with Gasteiger partial charge in [-0.15, -0.1) is 0 Å². The van der Waals surface area contributed by atoms with Crippen LogP contribution in [0.2, 0.25) is 0 Å². The van der Waals surface area contributed by atoms with E-state index >= 15 is 0 Å². The first kappa shape index (κ1) is 20.7. The fourth-order valence-corrected chi connectivity index (χ4v) is 7.27. The molecule has 2 aliphatic rings. The molecule has 0 heterocycles. The molecule has 0 fully saturated rings. The van der Waals surface area contributed by atoms with Gasteiger partial charge in [0.05, 0.1) is 0 Å². The van der Waals surface area contributed by atoms with Crippen LogP contribution in [-0.4, -0.2) is 0 Å². The van der Waals surface area contributed by atoms with E-state index in [0.29, 0.717) is 5.92 Å². The van der Waals surface area contributed by atoms with Gasteiger partial charge in [-0.3, -0.25) is 0 Å². The molecule has 25 heavy (non-hydrogen) atoms. The normalized spacial score (nSPS) is 16.9. The summed E-state index contributed by atoms with van der Waals surface area (Å²) in [5, 5.41) is 0. The van der Waals surface area contributed by atoms with Crippen LogP contribution in [-0.2, 0) is 23.2 Å². The third-order valence-corrected chi connectivity index (χ3v) is 8.32. The van der Waals surface area contributed by atoms with Crippen LogP contribution in [0, 0.1) is 5.41 Å². The molecule has 0 saturated carbocycles. The van der Waals surface area contributed by atoms with Crippen molar-refractivity contribution in [2.45, 2.75) is 33.1 Å². The molecule has 2 aliphatic carbocycles. The number of rotatable bonds is 2. The molecule has 0 amide bonds. The number of fused-ring (bicyclic) bond motifs is 3. The van der Waals surface area contributed by atoms with E-state index < -0.39 is 23.2 Å². The Morgan fingerprint density at radius 2 is 1.64 bits per heavy atom. The monoisotopic (exact) mass is 446 g/mol. The second-order valence-electron chi connectivity index (χ2n) is 7.60. The Kier molecular flexibility index (Phi) is 6.58. The first-order chi connectivity index (χ1) is 11.1. The first-order valence-electron chi connectivity index (χ1n) is 8.40. The van der Waals surface area contributed by atoms with Crippen LogP contribution in [0.1, 0.15) is 44.2 Å². The molecule has 1 atom stereocenters. The van der Waals surface area contributed by atoms with Crippen molar-refractivity contribution in [2.24, 2.45) is 5.41 Å². The molecule has 3 heteroatoms. The Morgan fingerprint density at radius 1 is 0.920 bits per heavy atom. The number of halogens is 2. The van der Waals surface area contributed by atoms with Gasteiger partial charge in [-0.05, 0) is 0 Å². The minimum atomic E-state index is -0.686. The zero-order valence-corrected chi connectivity index (χ0v) is 18.8. The summed E-state index contributed by atoms with van der Waals surface area (Å²) in [5.74, 6) is 0.528. The number of hydrogen-bond acceptors (Lipinski definition) is 0. The molecule has 0 aliphatic heterocycles. The molecular weight excluding hydrogens is 426 g/mol. The molecule has 0 radical (unpaired) electrons. The Hall–Kier alpha value is -0.617. The standard InChI is InChI=1S/C17H17.C5H5.2ClH.Zr/c1-17(2,3)16-14-10-6-4-8-12(14)13-9-5-7-11-15(13)16;1-2-4-5-3-1;;;/h4-10,16H,1-3H3;1-3H,4H2;2*1H;/q;;;;+2/p-2. The molecule has 0 nitrogen and oxygen atoms in total. The summed E-state index contributed by atoms with van der Waals surface area (Å²) in [7, 11) is 0. The van der Waals surface area contributed by atoms with Gasteiger partial charge in [-0.25, -0.2) is 0 Å². The minimum Gasteiger partial charge on any atom is -1.00 e. The van der Waals surface area contributed by atoms with Crippen molar-refractivity contribution in [3.05, 3.63) is 75.1 Å². The third kappa shape index (κ3) is 3.75. The zero-order chi connectivity index (χ0) is 16.0. The molecule has 128 valence electrons. The summed E-state index contributed by atoms with van der Waals surface area (Å²) >= 11 is -0.686. The molecule has 2 aromatic carbocycles. The Morgan fingerprint density at radius 3 is 2.32 bits per heavy atom. The van der Waals surface area contributed by atoms with Crippen molar-refractivity contribution in [2.75, 3.05) is 0 Å². The number of hydrogen-bond donors (Lipinski definition) is 0. The number of allylic oxidation sites excluding steroid dienone is 4. The maximum absolute atomic E-state index is 2.41. The van der Waals surface area contributed by atoms with Crippen LogP contribution in [0.4, 0.5) is 0 Å². The summed E-state index contributed by atoms with van der Waals surface area (Å²) in [4.78, 5) is 0. The Labute approximate surface area is 175 Å². The number of benzene rings is 2. The third-order valence-electron chi connectivity index (χ3n) is 4.89. The largest absolute Gasteiger partial charge is 1.00 e. The second-order valence-corrected chi connectivity index (χ2v) is 11.1. The smallest absolute Gasteiger partial charge is 1.00 e. The molecule has 0 bridgehead atoms. The van der Waals surface area contributed by atoms with Crippen molar-refractivity contribution in [1.29, 1.82) is 0 Å². The quantitative estimate of drug-likeness (QED) is 0.576. The van der Waals surface area contributed by atoms with Crippen molar-refractivity contribution < 1.29 is 48.0 Å². The van der Waals surface area contributed by atoms with E-state index in [1.54, 1.807) is 12.1 Å². The van der Waals surface area contributed by atoms with Crippen LogP contribution >= 0.6 is 0 Å². The van der Waals surface area contributed by atoms with E-state index in [2.05, 4.69) is 81.5 Å². The fraction of sp³-hybridized carbons (Fsp3) is 0.273. The maximum Gasteiger partial charge on any atom is -1.00 e. The van der Waals surface area contributed by atoms with Crippen molar-refractivity contribution >= 4 is 3.27 Å². The molecule has 0 spiro atoms. The van der Waals surface area contributed by atoms with E-state index in [0.717, 1.165) is 0 Å². The average Bonchev–Trinajstić information content (AvgIpc) is 3.12. The van der Waals surface area contributed by atoms with Crippen molar-refractivity contribution in [3.8, 4) is 11.1 Å². The SMILES string of the molecule is CC(C)(C)C1c2ccccc2-c2ccc[c]([Zr+2][C]3=CC=CC3)c21.[Cl-].[Cl-]. The predicted molar refractivity (Wildman–Crippen MR) is 94.7 cm³/mol. The summed E-state index contributed by atoms with van der Waals surface area (Å²) in [6.45, 7) is 7.17. The molecule has 4 rings (SSSR count). The van der Waals surface area contributed by atoms with Crippen LogP contribution < -0.4 is 28.1 Å². The van der Waals surface area contributed by atoms with Crippen LogP contribution in [0.25, 0.3) is 11.1 Å². The molecular formula is C22H22Cl2Zr. The summed E-state index contributed by atoms with van der Waals surface area (Å²) < 4.78 is 3.38. The molecule has 0 aromatic heterocycles. The van der Waals surface area contributed by atoms with E-state index in [9.17, 15) is 0 Å². The van der Waals surface area contributed by atoms with E-state index in [1.165, 1.54) is 23.1 Å². The van der Waals surface area contributed by atoms with E-state index in [-0.39, 0.29) is 30.2 Å². The average molecular weight is 449 g/mol. The van der Waals surface area contributed by atoms with Gasteiger partial charge in [-0.1, -0.05) is 0 Å². The fourth-order valence-electron chi connectivity index (χ4n) is 3.98. The topological polar surface area (TPSA) is 0 Å². The summed E-state index contributed by atoms with van der Waals surface area (Å²) in [5.41, 5.74) is 6.37. The molecule has 1 unspecified atom stereocenters. The maximum atomic E-state index is 2.41. The van der Waals surface area contributed by atoms with Gasteiger partial charge in [0.15, 0.2) is 0 Å². The van der Waals surface area contributed by atoms with Crippen molar-refractivity contribution in [1.82, 2.24) is 0 Å². The van der Waals surface area contributed by atoms with Gasteiger partial charge < -0.3 is 24.8 Å². The van der Waals surface area contributed by atoms with Gasteiger partial charge in [0.25, 0.3) is 0 Å². The Bertz CT molecular complexity index is 828. The van der Waals surface area contributed by atoms with Gasteiger partial charge in [-0.2, -0.15) is 0 Å². The molecule has 0 N–H and O–H groups in total. The first-order valence-corrected chi connectivity index (χ1v) is 10.9. The zero-order valence-electron chi connectivity index (χ0n) is 14.8. The van der Waals surface area contributed by atoms with Crippen LogP contribution in [0.15, 0.2) is 64.0 Å². The van der Waals surface area contributed by atoms with Crippen molar-refractivity contribution in [3.63, 3.8) is 0 Å². The van der Waals surface area contributed by atoms with Crippen LogP contribution in [0.3, 0.4) is 0 Å². The van der Waals surface area contributed by atoms with E-state index in [1.807, 2.05) is 0 Å². The predicted octanol–water partition coefficient (Wildman–Crippen LogP) is -0.595. The second kappa shape index (κ2) is 7.95. The van der Waals surface area contributed by atoms with Gasteiger partial charge >= 0.3 is 151 Å². The summed E-state index contributed by atoms with van der Waals surface area (Å²) in [6.07, 6.45) is 8.08. The van der Waals surface area contributed by atoms with Gasteiger partial charge in [0.2, 0.25) is 0 Å². The van der Waals surface area contributed by atoms with Gasteiger partial charge in [0.1, 0.15) is 0 Å². The van der Waals surface area contributed by atoms with Gasteiger partial charge in [0, 0.05) is 0 Å². The minimum absolute atomic E-state index is 0.